The Kier molecular flexibility index (Phi) is 3.86. The molecule has 0 aliphatic carbocycles. The number of hydrogen-bond donors (Lipinski definition) is 2. The van der Waals surface area contributed by atoms with Gasteiger partial charge in [0.25, 0.3) is 0 Å². The second-order valence-corrected chi connectivity index (χ2v) is 3.93. The minimum atomic E-state index is -0.225. The number of benzene rings is 1. The minimum absolute atomic E-state index is 0.225. The molecule has 0 saturated heterocycles. The van der Waals surface area contributed by atoms with Crippen LogP contribution in [0.3, 0.4) is 0 Å². The number of nitrogens with one attached hydrogen (secondary N) is 1. The molecule has 0 saturated carbocycles. The Labute approximate surface area is 106 Å². The molecule has 5 nitrogen and oxygen atoms in total. The Morgan fingerprint density at radius 2 is 2.00 bits per heavy atom. The van der Waals surface area contributed by atoms with Crippen LogP contribution in [0.1, 0.15) is 23.0 Å². The second kappa shape index (κ2) is 5.57. The summed E-state index contributed by atoms with van der Waals surface area (Å²) >= 11 is 0. The van der Waals surface area contributed by atoms with Crippen molar-refractivity contribution in [2.24, 2.45) is 5.84 Å². The van der Waals surface area contributed by atoms with Gasteiger partial charge in [-0.2, -0.15) is 0 Å². The lowest BCUT2D eigenvalue weighted by atomic mass is 10.0. The van der Waals surface area contributed by atoms with Crippen LogP contribution < -0.4 is 16.0 Å². The van der Waals surface area contributed by atoms with Gasteiger partial charge in [-0.05, 0) is 36.2 Å². The molecular formula is C13H16N4O. The van der Waals surface area contributed by atoms with Gasteiger partial charge in [0.05, 0.1) is 7.11 Å². The standard InChI is InChI=1S/C13H16N4O/c1-9-8-10(18-2)4-5-11(9)12(17-14)13-15-6-3-7-16-13/h3-8,12,17H,14H2,1-2H3. The van der Waals surface area contributed by atoms with E-state index in [1.165, 1.54) is 0 Å². The zero-order valence-corrected chi connectivity index (χ0v) is 10.4. The number of nitrogens with two attached hydrogens (primary N) is 1. The zero-order valence-electron chi connectivity index (χ0n) is 10.4. The topological polar surface area (TPSA) is 73.1 Å². The van der Waals surface area contributed by atoms with E-state index in [0.29, 0.717) is 5.82 Å². The second-order valence-electron chi connectivity index (χ2n) is 3.93. The van der Waals surface area contributed by atoms with E-state index in [4.69, 9.17) is 10.6 Å². The number of hydrogen-bond acceptors (Lipinski definition) is 5. The predicted octanol–water partition coefficient (Wildman–Crippen LogP) is 1.35. The fourth-order valence-corrected chi connectivity index (χ4v) is 1.86. The third-order valence-corrected chi connectivity index (χ3v) is 2.80. The third kappa shape index (κ3) is 2.47. The van der Waals surface area contributed by atoms with Crippen molar-refractivity contribution >= 4 is 0 Å². The molecule has 2 rings (SSSR count). The predicted molar refractivity (Wildman–Crippen MR) is 68.9 cm³/mol. The summed E-state index contributed by atoms with van der Waals surface area (Å²) in [5.74, 6) is 7.08. The van der Waals surface area contributed by atoms with Crippen LogP contribution in [0.5, 0.6) is 5.75 Å². The van der Waals surface area contributed by atoms with Crippen molar-refractivity contribution in [3.05, 3.63) is 53.6 Å². The molecule has 1 unspecified atom stereocenters. The molecule has 18 heavy (non-hydrogen) atoms. The summed E-state index contributed by atoms with van der Waals surface area (Å²) in [7, 11) is 1.65. The van der Waals surface area contributed by atoms with E-state index in [1.54, 1.807) is 25.6 Å². The molecule has 0 bridgehead atoms. The largest absolute Gasteiger partial charge is 0.497 e. The van der Waals surface area contributed by atoms with Gasteiger partial charge in [0.2, 0.25) is 0 Å². The number of aryl methyl sites for hydroxylation is 1. The summed E-state index contributed by atoms with van der Waals surface area (Å²) in [6.45, 7) is 2.01. The maximum Gasteiger partial charge on any atom is 0.150 e. The van der Waals surface area contributed by atoms with Crippen LogP contribution in [-0.2, 0) is 0 Å². The van der Waals surface area contributed by atoms with Crippen LogP contribution in [0.15, 0.2) is 36.7 Å². The lowest BCUT2D eigenvalue weighted by Crippen LogP contribution is -2.30. The van der Waals surface area contributed by atoms with Gasteiger partial charge in [0.15, 0.2) is 5.82 Å². The summed E-state index contributed by atoms with van der Waals surface area (Å²) < 4.78 is 5.19. The molecule has 1 aromatic carbocycles. The summed E-state index contributed by atoms with van der Waals surface area (Å²) in [6, 6.07) is 7.38. The SMILES string of the molecule is COc1ccc(C(NN)c2ncccn2)c(C)c1. The quantitative estimate of drug-likeness (QED) is 0.627. The summed E-state index contributed by atoms with van der Waals surface area (Å²) in [6.07, 6.45) is 3.40. The molecule has 0 aliphatic rings. The van der Waals surface area contributed by atoms with Crippen molar-refractivity contribution in [2.75, 3.05) is 7.11 Å². The summed E-state index contributed by atoms with van der Waals surface area (Å²) in [5, 5.41) is 0. The molecule has 0 amide bonds. The lowest BCUT2D eigenvalue weighted by molar-refractivity contribution is 0.414. The van der Waals surface area contributed by atoms with E-state index in [0.717, 1.165) is 16.9 Å². The highest BCUT2D eigenvalue weighted by Gasteiger charge is 2.17. The molecular weight excluding hydrogens is 228 g/mol. The first-order chi connectivity index (χ1) is 8.76. The normalized spacial score (nSPS) is 12.2. The number of rotatable bonds is 4. The van der Waals surface area contributed by atoms with Gasteiger partial charge in [0, 0.05) is 12.4 Å². The van der Waals surface area contributed by atoms with Gasteiger partial charge in [-0.3, -0.25) is 5.84 Å². The van der Waals surface area contributed by atoms with Gasteiger partial charge in [-0.1, -0.05) is 6.07 Å². The molecule has 0 spiro atoms. The summed E-state index contributed by atoms with van der Waals surface area (Å²) in [5.41, 5.74) is 4.85. The lowest BCUT2D eigenvalue weighted by Gasteiger charge is -2.17. The van der Waals surface area contributed by atoms with Gasteiger partial charge in [-0.25, -0.2) is 15.4 Å². The highest BCUT2D eigenvalue weighted by atomic mass is 16.5. The van der Waals surface area contributed by atoms with Crippen LogP contribution in [-0.4, -0.2) is 17.1 Å². The van der Waals surface area contributed by atoms with Crippen molar-refractivity contribution in [3.8, 4) is 5.75 Å². The van der Waals surface area contributed by atoms with E-state index >= 15 is 0 Å². The first-order valence-electron chi connectivity index (χ1n) is 5.64. The molecule has 1 heterocycles. The third-order valence-electron chi connectivity index (χ3n) is 2.80. The Bertz CT molecular complexity index is 516. The van der Waals surface area contributed by atoms with Crippen molar-refractivity contribution in [2.45, 2.75) is 13.0 Å². The van der Waals surface area contributed by atoms with E-state index in [-0.39, 0.29) is 6.04 Å². The maximum absolute atomic E-state index is 5.62. The van der Waals surface area contributed by atoms with Crippen LogP contribution in [0.25, 0.3) is 0 Å². The molecule has 1 atom stereocenters. The first-order valence-corrected chi connectivity index (χ1v) is 5.64. The fraction of sp³-hybridized carbons (Fsp3) is 0.231. The van der Waals surface area contributed by atoms with Crippen LogP contribution >= 0.6 is 0 Å². The van der Waals surface area contributed by atoms with Gasteiger partial charge >= 0.3 is 0 Å². The van der Waals surface area contributed by atoms with Gasteiger partial charge in [0.1, 0.15) is 11.8 Å². The van der Waals surface area contributed by atoms with E-state index in [1.807, 2.05) is 25.1 Å². The number of hydrazine groups is 1. The zero-order chi connectivity index (χ0) is 13.0. The first kappa shape index (κ1) is 12.5. The van der Waals surface area contributed by atoms with Gasteiger partial charge in [-0.15, -0.1) is 0 Å². The van der Waals surface area contributed by atoms with Crippen molar-refractivity contribution < 1.29 is 4.74 Å². The fourth-order valence-electron chi connectivity index (χ4n) is 1.86. The Hall–Kier alpha value is -1.98. The Balaban J connectivity index is 2.39. The maximum atomic E-state index is 5.62. The molecule has 3 N–H and O–H groups in total. The molecule has 1 aromatic heterocycles. The minimum Gasteiger partial charge on any atom is -0.497 e. The van der Waals surface area contributed by atoms with Crippen LogP contribution in [0.2, 0.25) is 0 Å². The van der Waals surface area contributed by atoms with Crippen LogP contribution in [0, 0.1) is 6.92 Å². The van der Waals surface area contributed by atoms with Crippen molar-refractivity contribution in [3.63, 3.8) is 0 Å². The number of aromatic nitrogens is 2. The highest BCUT2D eigenvalue weighted by molar-refractivity contribution is 5.38. The molecule has 0 radical (unpaired) electrons. The molecule has 2 aromatic rings. The van der Waals surface area contributed by atoms with Crippen molar-refractivity contribution in [1.82, 2.24) is 15.4 Å². The number of nitrogens with zero attached hydrogens (tertiary/aromatic N) is 2. The Morgan fingerprint density at radius 3 is 2.56 bits per heavy atom. The smallest absolute Gasteiger partial charge is 0.150 e. The highest BCUT2D eigenvalue weighted by Crippen LogP contribution is 2.24. The number of methoxy groups -OCH3 is 1. The van der Waals surface area contributed by atoms with E-state index in [9.17, 15) is 0 Å². The van der Waals surface area contributed by atoms with E-state index < -0.39 is 0 Å². The molecule has 94 valence electrons. The van der Waals surface area contributed by atoms with E-state index in [2.05, 4.69) is 15.4 Å². The Morgan fingerprint density at radius 1 is 1.28 bits per heavy atom. The monoisotopic (exact) mass is 244 g/mol. The molecule has 0 aliphatic heterocycles. The van der Waals surface area contributed by atoms with Gasteiger partial charge < -0.3 is 4.74 Å². The molecule has 0 fully saturated rings. The number of ether oxygens (including phenoxy) is 1. The summed E-state index contributed by atoms with van der Waals surface area (Å²) in [4.78, 5) is 8.45. The average molecular weight is 244 g/mol. The van der Waals surface area contributed by atoms with Crippen molar-refractivity contribution in [1.29, 1.82) is 0 Å². The van der Waals surface area contributed by atoms with Crippen LogP contribution in [0.4, 0.5) is 0 Å². The molecule has 5 heteroatoms. The average Bonchev–Trinajstić information content (AvgIpc) is 2.42.